The number of nitro groups is 1. The molecule has 1 aliphatic rings. The van der Waals surface area contributed by atoms with Crippen molar-refractivity contribution >= 4 is 23.3 Å². The molecule has 3 heterocycles. The summed E-state index contributed by atoms with van der Waals surface area (Å²) in [4.78, 5) is 25.3. The van der Waals surface area contributed by atoms with E-state index in [0.717, 1.165) is 16.9 Å². The van der Waals surface area contributed by atoms with Crippen LogP contribution in [0.1, 0.15) is 35.5 Å². The zero-order chi connectivity index (χ0) is 20.8. The van der Waals surface area contributed by atoms with Gasteiger partial charge in [-0.2, -0.15) is 5.10 Å². The molecule has 0 spiro atoms. The highest BCUT2D eigenvalue weighted by atomic mass is 35.5. The molecule has 0 unspecified atom stereocenters. The van der Waals surface area contributed by atoms with E-state index in [1.165, 1.54) is 6.20 Å². The molecular weight excluding hydrogens is 396 g/mol. The first-order valence-electron chi connectivity index (χ1n) is 9.04. The second-order valence-electron chi connectivity index (χ2n) is 7.87. The van der Waals surface area contributed by atoms with Gasteiger partial charge in [-0.3, -0.25) is 4.79 Å². The molecule has 1 aliphatic heterocycles. The van der Waals surface area contributed by atoms with Crippen molar-refractivity contribution in [3.05, 3.63) is 68.6 Å². The number of amides is 1. The number of rotatable bonds is 3. The van der Waals surface area contributed by atoms with Crippen LogP contribution >= 0.6 is 11.6 Å². The molecule has 150 valence electrons. The average Bonchev–Trinajstić information content (AvgIpc) is 3.26. The Hall–Kier alpha value is -3.20. The van der Waals surface area contributed by atoms with Crippen molar-refractivity contribution in [1.82, 2.24) is 24.9 Å². The predicted molar refractivity (Wildman–Crippen MR) is 106 cm³/mol. The standard InChI is InChI=1S/C19H19ClN6O3/c1-19(2)7-16-12(8-22-25(16)15-6-4-3-5-14(15)20)10-24(11-19)18(27)13-9-21-23-17(13)26(28)29/h3-6,8-9H,7,10-11H2,1-2H3,(H,21,23). The van der Waals surface area contributed by atoms with E-state index >= 15 is 0 Å². The summed E-state index contributed by atoms with van der Waals surface area (Å²) in [6.07, 6.45) is 3.60. The summed E-state index contributed by atoms with van der Waals surface area (Å²) in [5, 5.41) is 22.2. The Labute approximate surface area is 171 Å². The number of carbonyl (C=O) groups excluding carboxylic acids is 1. The van der Waals surface area contributed by atoms with Gasteiger partial charge in [-0.25, -0.2) is 4.68 Å². The lowest BCUT2D eigenvalue weighted by atomic mass is 9.87. The Morgan fingerprint density at radius 2 is 2.07 bits per heavy atom. The van der Waals surface area contributed by atoms with E-state index in [1.54, 1.807) is 17.2 Å². The minimum Gasteiger partial charge on any atom is -0.358 e. The van der Waals surface area contributed by atoms with E-state index in [4.69, 9.17) is 11.6 Å². The molecule has 0 radical (unpaired) electrons. The lowest BCUT2D eigenvalue weighted by molar-refractivity contribution is -0.389. The minimum absolute atomic E-state index is 0.0484. The number of hydrogen-bond donors (Lipinski definition) is 1. The van der Waals surface area contributed by atoms with Gasteiger partial charge < -0.3 is 15.0 Å². The van der Waals surface area contributed by atoms with Crippen molar-refractivity contribution < 1.29 is 9.72 Å². The highest BCUT2D eigenvalue weighted by molar-refractivity contribution is 6.32. The molecule has 0 saturated carbocycles. The van der Waals surface area contributed by atoms with E-state index in [-0.39, 0.29) is 11.0 Å². The molecule has 1 N–H and O–H groups in total. The van der Waals surface area contributed by atoms with Crippen LogP contribution in [0.3, 0.4) is 0 Å². The first-order chi connectivity index (χ1) is 13.8. The highest BCUT2D eigenvalue weighted by Crippen LogP contribution is 2.33. The van der Waals surface area contributed by atoms with Crippen molar-refractivity contribution in [2.45, 2.75) is 26.8 Å². The third-order valence-electron chi connectivity index (χ3n) is 4.98. The number of fused-ring (bicyclic) bond motifs is 1. The largest absolute Gasteiger partial charge is 0.358 e. The van der Waals surface area contributed by atoms with Gasteiger partial charge in [-0.15, -0.1) is 5.10 Å². The lowest BCUT2D eigenvalue weighted by Crippen LogP contribution is -2.37. The van der Waals surface area contributed by atoms with Crippen LogP contribution in [0.2, 0.25) is 5.02 Å². The molecule has 0 fully saturated rings. The second-order valence-corrected chi connectivity index (χ2v) is 8.28. The van der Waals surface area contributed by atoms with E-state index in [2.05, 4.69) is 29.1 Å². The Morgan fingerprint density at radius 1 is 1.31 bits per heavy atom. The van der Waals surface area contributed by atoms with E-state index in [9.17, 15) is 14.9 Å². The van der Waals surface area contributed by atoms with Crippen LogP contribution in [0.5, 0.6) is 0 Å². The van der Waals surface area contributed by atoms with Crippen LogP contribution < -0.4 is 0 Å². The van der Waals surface area contributed by atoms with Gasteiger partial charge in [0.15, 0.2) is 5.56 Å². The van der Waals surface area contributed by atoms with Gasteiger partial charge in [-0.1, -0.05) is 42.7 Å². The van der Waals surface area contributed by atoms with E-state index in [0.29, 0.717) is 24.5 Å². The van der Waals surface area contributed by atoms with Gasteiger partial charge in [0.2, 0.25) is 0 Å². The van der Waals surface area contributed by atoms with Gasteiger partial charge in [-0.05, 0) is 28.9 Å². The molecule has 4 rings (SSSR count). The Bertz CT molecular complexity index is 1100. The topological polar surface area (TPSA) is 110 Å². The van der Waals surface area contributed by atoms with Gasteiger partial charge in [0.25, 0.3) is 5.91 Å². The van der Waals surface area contributed by atoms with Crippen LogP contribution in [0.15, 0.2) is 36.7 Å². The summed E-state index contributed by atoms with van der Waals surface area (Å²) in [6.45, 7) is 4.84. The summed E-state index contributed by atoms with van der Waals surface area (Å²) in [5.74, 6) is -0.832. The Kier molecular flexibility index (Phi) is 4.62. The summed E-state index contributed by atoms with van der Waals surface area (Å²) in [7, 11) is 0. The number of aromatic amines is 1. The van der Waals surface area contributed by atoms with Crippen LogP contribution in [0.4, 0.5) is 5.82 Å². The van der Waals surface area contributed by atoms with Gasteiger partial charge >= 0.3 is 5.82 Å². The fourth-order valence-electron chi connectivity index (χ4n) is 3.74. The molecule has 0 atom stereocenters. The smallest absolute Gasteiger partial charge is 0.355 e. The maximum absolute atomic E-state index is 13.1. The zero-order valence-electron chi connectivity index (χ0n) is 15.9. The number of H-pyrrole nitrogens is 1. The molecule has 0 saturated heterocycles. The van der Waals surface area contributed by atoms with E-state index in [1.807, 2.05) is 22.9 Å². The van der Waals surface area contributed by atoms with Crippen molar-refractivity contribution in [3.8, 4) is 5.69 Å². The zero-order valence-corrected chi connectivity index (χ0v) is 16.7. The lowest BCUT2D eigenvalue weighted by Gasteiger charge is -2.29. The molecule has 1 aromatic carbocycles. The number of nitrogens with one attached hydrogen (secondary N) is 1. The molecule has 2 aromatic heterocycles. The second kappa shape index (κ2) is 7.00. The van der Waals surface area contributed by atoms with Crippen molar-refractivity contribution in [2.24, 2.45) is 5.41 Å². The molecule has 1 amide bonds. The summed E-state index contributed by atoms with van der Waals surface area (Å²) < 4.78 is 1.81. The van der Waals surface area contributed by atoms with Crippen molar-refractivity contribution in [3.63, 3.8) is 0 Å². The summed E-state index contributed by atoms with van der Waals surface area (Å²) in [6, 6.07) is 7.45. The molecule has 3 aromatic rings. The monoisotopic (exact) mass is 414 g/mol. The average molecular weight is 415 g/mol. The maximum atomic E-state index is 13.1. The van der Waals surface area contributed by atoms with Crippen LogP contribution in [0, 0.1) is 15.5 Å². The van der Waals surface area contributed by atoms with Crippen LogP contribution in [-0.2, 0) is 13.0 Å². The number of aromatic nitrogens is 4. The van der Waals surface area contributed by atoms with Gasteiger partial charge in [0.05, 0.1) is 23.1 Å². The molecule has 9 nitrogen and oxygen atoms in total. The Balaban J connectivity index is 1.74. The number of hydrogen-bond acceptors (Lipinski definition) is 5. The molecule has 0 bridgehead atoms. The first-order valence-corrected chi connectivity index (χ1v) is 9.42. The Morgan fingerprint density at radius 3 is 2.79 bits per heavy atom. The SMILES string of the molecule is CC1(C)Cc2c(cnn2-c2ccccc2Cl)CN(C(=O)c2cn[nH]c2[N+](=O)[O-])C1. The summed E-state index contributed by atoms with van der Waals surface area (Å²) in [5.41, 5.74) is 2.30. The third-order valence-corrected chi connectivity index (χ3v) is 5.30. The maximum Gasteiger partial charge on any atom is 0.355 e. The van der Waals surface area contributed by atoms with Crippen molar-refractivity contribution in [2.75, 3.05) is 6.54 Å². The van der Waals surface area contributed by atoms with E-state index < -0.39 is 16.6 Å². The number of para-hydroxylation sites is 1. The number of benzene rings is 1. The fourth-order valence-corrected chi connectivity index (χ4v) is 3.95. The van der Waals surface area contributed by atoms with Crippen molar-refractivity contribution in [1.29, 1.82) is 0 Å². The van der Waals surface area contributed by atoms with Gasteiger partial charge in [0.1, 0.15) is 0 Å². The molecule has 29 heavy (non-hydrogen) atoms. The number of carbonyl (C=O) groups is 1. The third kappa shape index (κ3) is 3.49. The number of halogens is 1. The fraction of sp³-hybridized carbons (Fsp3) is 0.316. The quantitative estimate of drug-likeness (QED) is 0.521. The van der Waals surface area contributed by atoms with Crippen LogP contribution in [0.25, 0.3) is 5.69 Å². The normalized spacial score (nSPS) is 15.6. The predicted octanol–water partition coefficient (Wildman–Crippen LogP) is 3.38. The molecule has 0 aliphatic carbocycles. The van der Waals surface area contributed by atoms with Crippen LogP contribution in [-0.4, -0.2) is 42.3 Å². The first kappa shape index (κ1) is 19.1. The summed E-state index contributed by atoms with van der Waals surface area (Å²) >= 11 is 6.36. The molecular formula is C19H19ClN6O3. The number of nitrogens with zero attached hydrogens (tertiary/aromatic N) is 5. The minimum atomic E-state index is -0.635. The highest BCUT2D eigenvalue weighted by Gasteiger charge is 2.35. The molecule has 10 heteroatoms. The van der Waals surface area contributed by atoms with Gasteiger partial charge in [0, 0.05) is 24.3 Å².